The number of benzene rings is 1. The third-order valence-electron chi connectivity index (χ3n) is 6.95. The zero-order valence-electron chi connectivity index (χ0n) is 17.2. The van der Waals surface area contributed by atoms with E-state index in [1.807, 2.05) is 24.3 Å². The molecular formula is C24H27ClN2O4. The number of aromatic amines is 1. The fourth-order valence-electron chi connectivity index (χ4n) is 4.84. The van der Waals surface area contributed by atoms with E-state index in [4.69, 9.17) is 16.3 Å². The van der Waals surface area contributed by atoms with Gasteiger partial charge in [-0.2, -0.15) is 0 Å². The minimum Gasteiger partial charge on any atom is -0.495 e. The molecule has 1 unspecified atom stereocenters. The first-order chi connectivity index (χ1) is 15.0. The lowest BCUT2D eigenvalue weighted by Crippen LogP contribution is -2.18. The van der Waals surface area contributed by atoms with Crippen molar-refractivity contribution >= 4 is 22.6 Å². The van der Waals surface area contributed by atoms with E-state index in [2.05, 4.69) is 9.97 Å². The van der Waals surface area contributed by atoms with Gasteiger partial charge in [-0.1, -0.05) is 42.3 Å². The van der Waals surface area contributed by atoms with Crippen molar-refractivity contribution in [2.45, 2.75) is 49.7 Å². The maximum Gasteiger partial charge on any atom is 0.190 e. The van der Waals surface area contributed by atoms with Gasteiger partial charge >= 0.3 is 0 Å². The van der Waals surface area contributed by atoms with E-state index in [0.717, 1.165) is 24.0 Å². The first-order valence-corrected chi connectivity index (χ1v) is 11.3. The predicted octanol–water partition coefficient (Wildman–Crippen LogP) is 4.16. The van der Waals surface area contributed by atoms with Gasteiger partial charge < -0.3 is 25.0 Å². The molecule has 6 rings (SSSR count). The lowest BCUT2D eigenvalue weighted by Gasteiger charge is -2.13. The van der Waals surface area contributed by atoms with Crippen LogP contribution in [0.4, 0.5) is 0 Å². The highest BCUT2D eigenvalue weighted by Crippen LogP contribution is 2.48. The summed E-state index contributed by atoms with van der Waals surface area (Å²) in [5.41, 5.74) is 4.12. The number of hydrogen-bond donors (Lipinski definition) is 4. The highest BCUT2D eigenvalue weighted by Gasteiger charge is 2.43. The Hall–Kier alpha value is -2.12. The molecule has 7 heteroatoms. The number of nitrogens with one attached hydrogen (secondary N) is 1. The second-order valence-electron chi connectivity index (χ2n) is 8.96. The fraction of sp³-hybridized carbons (Fsp3) is 0.458. The van der Waals surface area contributed by atoms with Crippen LogP contribution in [0.25, 0.3) is 22.3 Å². The Balaban J connectivity index is 0.000000189. The number of aromatic hydroxyl groups is 1. The SMILES string of the molecule is OCC1(c2ccc(-c3nc4cc(O)[nH]c4cc3Cl)cc2)CC1.O[C@@H]1CO[C@@H]2CCCC12. The van der Waals surface area contributed by atoms with Crippen LogP contribution in [0, 0.1) is 5.92 Å². The van der Waals surface area contributed by atoms with E-state index in [0.29, 0.717) is 40.4 Å². The molecule has 0 amide bonds. The molecule has 164 valence electrons. The Labute approximate surface area is 185 Å². The summed E-state index contributed by atoms with van der Waals surface area (Å²) in [7, 11) is 0. The van der Waals surface area contributed by atoms with Gasteiger partial charge in [0.05, 0.1) is 47.2 Å². The number of halogens is 1. The lowest BCUT2D eigenvalue weighted by molar-refractivity contribution is 0.0861. The number of ether oxygens (including phenoxy) is 1. The average molecular weight is 443 g/mol. The molecule has 3 heterocycles. The third-order valence-corrected chi connectivity index (χ3v) is 7.24. The Morgan fingerprint density at radius 1 is 1.16 bits per heavy atom. The van der Waals surface area contributed by atoms with Gasteiger partial charge in [-0.05, 0) is 37.3 Å². The smallest absolute Gasteiger partial charge is 0.190 e. The van der Waals surface area contributed by atoms with Crippen LogP contribution < -0.4 is 0 Å². The molecule has 2 aromatic heterocycles. The summed E-state index contributed by atoms with van der Waals surface area (Å²) in [6, 6.07) is 11.4. The molecule has 6 nitrogen and oxygen atoms in total. The Kier molecular flexibility index (Phi) is 5.42. The molecule has 3 atom stereocenters. The van der Waals surface area contributed by atoms with Gasteiger partial charge in [-0.25, -0.2) is 4.98 Å². The van der Waals surface area contributed by atoms with Gasteiger partial charge in [0.2, 0.25) is 0 Å². The molecule has 3 aliphatic rings. The molecule has 0 spiro atoms. The van der Waals surface area contributed by atoms with E-state index >= 15 is 0 Å². The van der Waals surface area contributed by atoms with Gasteiger partial charge in [-0.15, -0.1) is 0 Å². The Morgan fingerprint density at radius 2 is 1.94 bits per heavy atom. The van der Waals surface area contributed by atoms with Gasteiger partial charge in [0, 0.05) is 23.0 Å². The van der Waals surface area contributed by atoms with Crippen LogP contribution in [-0.2, 0) is 10.2 Å². The van der Waals surface area contributed by atoms with E-state index in [9.17, 15) is 15.3 Å². The Morgan fingerprint density at radius 3 is 2.61 bits per heavy atom. The number of nitrogens with zero attached hydrogens (tertiary/aromatic N) is 1. The van der Waals surface area contributed by atoms with Gasteiger partial charge in [0.15, 0.2) is 5.88 Å². The van der Waals surface area contributed by atoms with E-state index in [1.165, 1.54) is 19.3 Å². The highest BCUT2D eigenvalue weighted by molar-refractivity contribution is 6.33. The number of aromatic nitrogens is 2. The molecule has 3 fully saturated rings. The molecule has 0 radical (unpaired) electrons. The van der Waals surface area contributed by atoms with E-state index < -0.39 is 0 Å². The topological polar surface area (TPSA) is 98.6 Å². The highest BCUT2D eigenvalue weighted by atomic mass is 35.5. The summed E-state index contributed by atoms with van der Waals surface area (Å²) >= 11 is 6.31. The minimum absolute atomic E-state index is 0.0356. The monoisotopic (exact) mass is 442 g/mol. The van der Waals surface area contributed by atoms with E-state index in [-0.39, 0.29) is 24.0 Å². The normalized spacial score (nSPS) is 25.8. The fourth-order valence-corrected chi connectivity index (χ4v) is 5.10. The van der Waals surface area contributed by atoms with Crippen LogP contribution in [-0.4, -0.2) is 50.7 Å². The molecular weight excluding hydrogens is 416 g/mol. The van der Waals surface area contributed by atoms with Gasteiger partial charge in [0.25, 0.3) is 0 Å². The third kappa shape index (κ3) is 3.94. The average Bonchev–Trinajstić information content (AvgIpc) is 3.07. The molecule has 4 N–H and O–H groups in total. The van der Waals surface area contributed by atoms with Gasteiger partial charge in [-0.3, -0.25) is 0 Å². The molecule has 2 aliphatic carbocycles. The molecule has 1 saturated heterocycles. The largest absolute Gasteiger partial charge is 0.495 e. The van der Waals surface area contributed by atoms with E-state index in [1.54, 1.807) is 12.1 Å². The number of rotatable bonds is 3. The number of H-pyrrole nitrogens is 1. The van der Waals surface area contributed by atoms with Gasteiger partial charge in [0.1, 0.15) is 0 Å². The predicted molar refractivity (Wildman–Crippen MR) is 119 cm³/mol. The van der Waals surface area contributed by atoms with Crippen LogP contribution in [0.5, 0.6) is 5.88 Å². The first-order valence-electron chi connectivity index (χ1n) is 10.9. The second-order valence-corrected chi connectivity index (χ2v) is 9.36. The van der Waals surface area contributed by atoms with Crippen molar-refractivity contribution in [3.8, 4) is 17.1 Å². The van der Waals surface area contributed by atoms with Crippen molar-refractivity contribution in [2.24, 2.45) is 5.92 Å². The van der Waals surface area contributed by atoms with Crippen molar-refractivity contribution < 1.29 is 20.1 Å². The molecule has 0 bridgehead atoms. The van der Waals surface area contributed by atoms with Crippen molar-refractivity contribution in [2.75, 3.05) is 13.2 Å². The number of fused-ring (bicyclic) bond motifs is 2. The van der Waals surface area contributed by atoms with Crippen LogP contribution in [0.2, 0.25) is 5.02 Å². The molecule has 1 aliphatic heterocycles. The summed E-state index contributed by atoms with van der Waals surface area (Å²) in [5.74, 6) is 0.551. The maximum atomic E-state index is 9.51. The molecule has 2 saturated carbocycles. The van der Waals surface area contributed by atoms with Crippen LogP contribution >= 0.6 is 11.6 Å². The summed E-state index contributed by atoms with van der Waals surface area (Å²) in [6.45, 7) is 0.773. The lowest BCUT2D eigenvalue weighted by atomic mass is 9.95. The molecule has 1 aromatic carbocycles. The molecule has 31 heavy (non-hydrogen) atoms. The second kappa shape index (κ2) is 8.10. The van der Waals surface area contributed by atoms with Crippen molar-refractivity contribution in [1.82, 2.24) is 9.97 Å². The summed E-state index contributed by atoms with van der Waals surface area (Å²) in [6.07, 6.45) is 5.91. The summed E-state index contributed by atoms with van der Waals surface area (Å²) in [5, 5.41) is 28.8. The number of pyridine rings is 1. The maximum absolute atomic E-state index is 9.51. The minimum atomic E-state index is -0.155. The first kappa shape index (κ1) is 20.8. The Bertz CT molecular complexity index is 1080. The van der Waals surface area contributed by atoms with Crippen LogP contribution in [0.3, 0.4) is 0 Å². The zero-order chi connectivity index (χ0) is 21.6. The number of aliphatic hydroxyl groups excluding tert-OH is 2. The van der Waals surface area contributed by atoms with Crippen LogP contribution in [0.1, 0.15) is 37.7 Å². The summed E-state index contributed by atoms with van der Waals surface area (Å²) < 4.78 is 5.34. The number of hydrogen-bond acceptors (Lipinski definition) is 5. The van der Waals surface area contributed by atoms with Crippen molar-refractivity contribution in [1.29, 1.82) is 0 Å². The molecule has 3 aromatic rings. The number of aliphatic hydroxyl groups is 2. The zero-order valence-corrected chi connectivity index (χ0v) is 18.0. The van der Waals surface area contributed by atoms with Crippen molar-refractivity contribution in [3.05, 3.63) is 47.0 Å². The van der Waals surface area contributed by atoms with Crippen molar-refractivity contribution in [3.63, 3.8) is 0 Å². The summed E-state index contributed by atoms with van der Waals surface area (Å²) in [4.78, 5) is 7.32. The quantitative estimate of drug-likeness (QED) is 0.488. The standard InChI is InChI=1S/C17H15ClN2O2.C7H12O2/c18-12-7-13-14(8-15(22)19-13)20-16(12)10-1-3-11(4-2-10)17(9-21)5-6-17;8-6-4-9-7-3-1-2-5(6)7/h1-4,7-8,19,21-22H,5-6,9H2;5-8H,1-4H2/t;5?,6-,7-/m.1/s1. The van der Waals surface area contributed by atoms with Crippen LogP contribution in [0.15, 0.2) is 36.4 Å².